The first-order valence-corrected chi connectivity index (χ1v) is 7.15. The molecule has 0 fully saturated rings. The lowest BCUT2D eigenvalue weighted by Crippen LogP contribution is -2.03. The maximum Gasteiger partial charge on any atom is 0.200 e. The van der Waals surface area contributed by atoms with E-state index in [1.807, 2.05) is 19.1 Å². The van der Waals surface area contributed by atoms with Gasteiger partial charge < -0.3 is 19.9 Å². The van der Waals surface area contributed by atoms with E-state index in [1.165, 1.54) is 14.2 Å². The summed E-state index contributed by atoms with van der Waals surface area (Å²) >= 11 is 3.34. The van der Waals surface area contributed by atoms with Gasteiger partial charge in [0.05, 0.1) is 25.6 Å². The zero-order valence-electron chi connectivity index (χ0n) is 12.1. The molecule has 1 aromatic carbocycles. The van der Waals surface area contributed by atoms with Gasteiger partial charge in [0.25, 0.3) is 0 Å². The Morgan fingerprint density at radius 1 is 1.19 bits per heavy atom. The summed E-state index contributed by atoms with van der Waals surface area (Å²) in [5.74, 6) is 0.777. The summed E-state index contributed by atoms with van der Waals surface area (Å²) in [6, 6.07) is 7.38. The number of phenolic OH excluding ortho intramolecular Hbond substituents is 1. The third-order valence-electron chi connectivity index (χ3n) is 3.07. The number of aromatic hydroxyl groups is 1. The molecule has 0 unspecified atom stereocenters. The molecule has 0 spiro atoms. The quantitative estimate of drug-likeness (QED) is 0.806. The van der Waals surface area contributed by atoms with Crippen LogP contribution in [0.5, 0.6) is 17.2 Å². The van der Waals surface area contributed by atoms with Gasteiger partial charge in [0.2, 0.25) is 5.75 Å². The van der Waals surface area contributed by atoms with Crippen LogP contribution in [0, 0.1) is 6.92 Å². The van der Waals surface area contributed by atoms with Crippen LogP contribution in [-0.4, -0.2) is 24.3 Å². The van der Waals surface area contributed by atoms with Crippen LogP contribution in [0.1, 0.15) is 11.3 Å². The van der Waals surface area contributed by atoms with Gasteiger partial charge in [0, 0.05) is 6.54 Å². The average molecular weight is 353 g/mol. The molecule has 0 saturated heterocycles. The second kappa shape index (κ2) is 6.67. The fourth-order valence-corrected chi connectivity index (χ4v) is 2.36. The summed E-state index contributed by atoms with van der Waals surface area (Å²) in [6.45, 7) is 2.50. The van der Waals surface area contributed by atoms with Crippen LogP contribution in [0.15, 0.2) is 28.9 Å². The normalized spacial score (nSPS) is 10.3. The Morgan fingerprint density at radius 3 is 2.33 bits per heavy atom. The van der Waals surface area contributed by atoms with E-state index in [9.17, 15) is 5.11 Å². The number of pyridine rings is 1. The van der Waals surface area contributed by atoms with Crippen LogP contribution in [-0.2, 0) is 6.54 Å². The van der Waals surface area contributed by atoms with Crippen molar-refractivity contribution in [1.29, 1.82) is 0 Å². The highest BCUT2D eigenvalue weighted by Gasteiger charge is 2.11. The Balaban J connectivity index is 2.19. The Kier molecular flexibility index (Phi) is 4.90. The van der Waals surface area contributed by atoms with Crippen molar-refractivity contribution in [2.24, 2.45) is 0 Å². The number of anilines is 1. The Labute approximate surface area is 132 Å². The number of ether oxygens (including phenoxy) is 2. The first kappa shape index (κ1) is 15.4. The summed E-state index contributed by atoms with van der Waals surface area (Å²) < 4.78 is 11.1. The van der Waals surface area contributed by atoms with E-state index in [0.29, 0.717) is 18.0 Å². The van der Waals surface area contributed by atoms with Crippen LogP contribution >= 0.6 is 15.9 Å². The van der Waals surface area contributed by atoms with Crippen molar-refractivity contribution in [3.8, 4) is 17.2 Å². The average Bonchev–Trinajstić information content (AvgIpc) is 2.47. The SMILES string of the molecule is COc1cc(CNc2ccc(Br)nc2C)cc(OC)c1O. The van der Waals surface area contributed by atoms with Gasteiger partial charge >= 0.3 is 0 Å². The van der Waals surface area contributed by atoms with Crippen molar-refractivity contribution in [2.45, 2.75) is 13.5 Å². The topological polar surface area (TPSA) is 63.6 Å². The van der Waals surface area contributed by atoms with Gasteiger partial charge in [-0.25, -0.2) is 4.98 Å². The van der Waals surface area contributed by atoms with Crippen molar-refractivity contribution >= 4 is 21.6 Å². The molecule has 0 atom stereocenters. The second-order valence-electron chi connectivity index (χ2n) is 4.47. The van der Waals surface area contributed by atoms with Gasteiger partial charge in [0.15, 0.2) is 11.5 Å². The van der Waals surface area contributed by atoms with E-state index in [0.717, 1.165) is 21.5 Å². The van der Waals surface area contributed by atoms with Gasteiger partial charge in [-0.15, -0.1) is 0 Å². The monoisotopic (exact) mass is 352 g/mol. The van der Waals surface area contributed by atoms with E-state index < -0.39 is 0 Å². The number of benzene rings is 1. The van der Waals surface area contributed by atoms with Gasteiger partial charge in [-0.1, -0.05) is 0 Å². The van der Waals surface area contributed by atoms with Crippen molar-refractivity contribution < 1.29 is 14.6 Å². The molecule has 0 aliphatic rings. The van der Waals surface area contributed by atoms with Crippen LogP contribution in [0.25, 0.3) is 0 Å². The minimum Gasteiger partial charge on any atom is -0.502 e. The molecule has 5 nitrogen and oxygen atoms in total. The molecular formula is C15H17BrN2O3. The van der Waals surface area contributed by atoms with Crippen molar-refractivity contribution in [3.05, 3.63) is 40.1 Å². The first-order chi connectivity index (χ1) is 10.0. The second-order valence-corrected chi connectivity index (χ2v) is 5.28. The lowest BCUT2D eigenvalue weighted by Gasteiger charge is -2.13. The summed E-state index contributed by atoms with van der Waals surface area (Å²) in [5.41, 5.74) is 2.79. The van der Waals surface area contributed by atoms with Crippen LogP contribution < -0.4 is 14.8 Å². The highest BCUT2D eigenvalue weighted by Crippen LogP contribution is 2.37. The summed E-state index contributed by atoms with van der Waals surface area (Å²) in [4.78, 5) is 4.33. The summed E-state index contributed by atoms with van der Waals surface area (Å²) in [5, 5.41) is 13.2. The molecule has 112 valence electrons. The Bertz CT molecular complexity index is 622. The van der Waals surface area contributed by atoms with E-state index in [-0.39, 0.29) is 5.75 Å². The number of methoxy groups -OCH3 is 2. The smallest absolute Gasteiger partial charge is 0.200 e. The predicted octanol–water partition coefficient (Wildman–Crippen LogP) is 3.49. The summed E-state index contributed by atoms with van der Waals surface area (Å²) in [7, 11) is 3.02. The predicted molar refractivity (Wildman–Crippen MR) is 85.2 cm³/mol. The molecule has 0 amide bonds. The molecule has 0 bridgehead atoms. The van der Waals surface area contributed by atoms with E-state index >= 15 is 0 Å². The number of rotatable bonds is 5. The van der Waals surface area contributed by atoms with Gasteiger partial charge in [0.1, 0.15) is 4.60 Å². The largest absolute Gasteiger partial charge is 0.502 e. The Morgan fingerprint density at radius 2 is 1.81 bits per heavy atom. The van der Waals surface area contributed by atoms with Crippen LogP contribution in [0.3, 0.4) is 0 Å². The standard InChI is InChI=1S/C15H17BrN2O3/c1-9-11(4-5-14(16)18-9)17-8-10-6-12(20-2)15(19)13(7-10)21-3/h4-7,17,19H,8H2,1-3H3. The first-order valence-electron chi connectivity index (χ1n) is 6.36. The van der Waals surface area contributed by atoms with E-state index in [1.54, 1.807) is 12.1 Å². The molecule has 2 N–H and O–H groups in total. The number of phenols is 1. The summed E-state index contributed by atoms with van der Waals surface area (Å²) in [6.07, 6.45) is 0. The van der Waals surface area contributed by atoms with Crippen molar-refractivity contribution in [3.63, 3.8) is 0 Å². The molecular weight excluding hydrogens is 336 g/mol. The van der Waals surface area contributed by atoms with Crippen molar-refractivity contribution in [1.82, 2.24) is 4.98 Å². The third-order valence-corrected chi connectivity index (χ3v) is 3.52. The zero-order chi connectivity index (χ0) is 15.4. The van der Waals surface area contributed by atoms with Gasteiger partial charge in [-0.05, 0) is 52.7 Å². The number of hydrogen-bond acceptors (Lipinski definition) is 5. The fraction of sp³-hybridized carbons (Fsp3) is 0.267. The van der Waals surface area contributed by atoms with Crippen LogP contribution in [0.2, 0.25) is 0 Å². The molecule has 2 rings (SSSR count). The molecule has 0 aliphatic carbocycles. The van der Waals surface area contributed by atoms with Crippen molar-refractivity contribution in [2.75, 3.05) is 19.5 Å². The number of nitrogens with zero attached hydrogens (tertiary/aromatic N) is 1. The molecule has 0 saturated carbocycles. The zero-order valence-corrected chi connectivity index (χ0v) is 13.7. The minimum atomic E-state index is 0.00485. The molecule has 0 radical (unpaired) electrons. The van der Waals surface area contributed by atoms with Gasteiger partial charge in [-0.2, -0.15) is 0 Å². The van der Waals surface area contributed by atoms with E-state index in [4.69, 9.17) is 9.47 Å². The molecule has 1 heterocycles. The third kappa shape index (κ3) is 3.58. The van der Waals surface area contributed by atoms with Crippen LogP contribution in [0.4, 0.5) is 5.69 Å². The maximum absolute atomic E-state index is 9.89. The fourth-order valence-electron chi connectivity index (χ4n) is 1.96. The maximum atomic E-state index is 9.89. The number of hydrogen-bond donors (Lipinski definition) is 2. The lowest BCUT2D eigenvalue weighted by molar-refractivity contribution is 0.339. The minimum absolute atomic E-state index is 0.00485. The number of nitrogens with one attached hydrogen (secondary N) is 1. The lowest BCUT2D eigenvalue weighted by atomic mass is 10.1. The molecule has 6 heteroatoms. The number of aromatic nitrogens is 1. The molecule has 21 heavy (non-hydrogen) atoms. The highest BCUT2D eigenvalue weighted by molar-refractivity contribution is 9.10. The Hall–Kier alpha value is -1.95. The van der Waals surface area contributed by atoms with Gasteiger partial charge in [-0.3, -0.25) is 0 Å². The number of halogens is 1. The molecule has 0 aliphatic heterocycles. The molecule has 2 aromatic rings. The molecule has 1 aromatic heterocycles. The number of aryl methyl sites for hydroxylation is 1. The highest BCUT2D eigenvalue weighted by atomic mass is 79.9. The van der Waals surface area contributed by atoms with E-state index in [2.05, 4.69) is 26.2 Å².